The van der Waals surface area contributed by atoms with E-state index >= 15 is 0 Å². The van der Waals surface area contributed by atoms with Crippen LogP contribution in [0.5, 0.6) is 0 Å². The Morgan fingerprint density at radius 3 is 2.03 bits per heavy atom. The second kappa shape index (κ2) is 21.5. The first-order chi connectivity index (χ1) is 29.2. The first kappa shape index (κ1) is 53.9. The molecule has 0 aromatic carbocycles. The first-order valence-corrected chi connectivity index (χ1v) is 22.2. The van der Waals surface area contributed by atoms with E-state index in [-0.39, 0.29) is 31.1 Å². The van der Waals surface area contributed by atoms with E-state index in [2.05, 4.69) is 5.16 Å². The average molecular weight is 911 g/mol. The molecule has 63 heavy (non-hydrogen) atoms. The van der Waals surface area contributed by atoms with Crippen LogP contribution in [0.25, 0.3) is 0 Å². The van der Waals surface area contributed by atoms with Gasteiger partial charge in [-0.3, -0.25) is 4.79 Å². The van der Waals surface area contributed by atoms with Crippen LogP contribution in [0.3, 0.4) is 0 Å². The molecule has 9 N–H and O–H groups in total. The molecule has 0 amide bonds. The highest BCUT2D eigenvalue weighted by Crippen LogP contribution is 2.41. The van der Waals surface area contributed by atoms with E-state index < -0.39 is 145 Å². The molecule has 4 rings (SSSR count). The van der Waals surface area contributed by atoms with Crippen molar-refractivity contribution in [1.82, 2.24) is 4.90 Å². The van der Waals surface area contributed by atoms with Gasteiger partial charge in [-0.15, -0.1) is 0 Å². The lowest BCUT2D eigenvalue weighted by Crippen LogP contribution is -2.61. The number of cyclic esters (lactones) is 1. The Bertz CT molecular complexity index is 1500. The number of nitrogens with zero attached hydrogens (tertiary/aromatic N) is 2. The Hall–Kier alpha value is -1.70. The predicted molar refractivity (Wildman–Crippen MR) is 224 cm³/mol. The number of oxime groups is 1. The molecular formula is C43H78N2O18. The number of aliphatic hydroxyl groups is 9. The number of hydrogen-bond donors (Lipinski definition) is 9. The molecular weight excluding hydrogens is 832 g/mol. The molecule has 0 bridgehead atoms. The Labute approximate surface area is 371 Å². The second-order valence-electron chi connectivity index (χ2n) is 19.4. The molecule has 0 aromatic heterocycles. The van der Waals surface area contributed by atoms with E-state index in [9.17, 15) is 50.8 Å². The molecule has 4 fully saturated rings. The third-order valence-corrected chi connectivity index (χ3v) is 14.0. The standard InChI is InChI=1S/C43H78N2O18/c1-14-27-43(10,55)35(50)21(4)29(44-63-34-26(18-46)59-39(53)32(49)31(34)48)19(2)16-41(8,54)37(62-40-30(47)25(45(11)12)15-20(3)57-40)22(5)33(23(6)38(52)60-27)61-28-17-42(9,56-13)36(51)24(7)58-28/h19-28,30-37,39-40,46-51,53-55H,14-18H2,1-13H3/b44-29+/t19-,20-,21+,22+,23-,24+,25+,26-,27+,28+,30-,31-,32-,33+,34-,35-,36+,37-,39?,40+,41-,42-,43-/m1/s1. The predicted octanol–water partition coefficient (Wildman–Crippen LogP) is -0.611. The number of rotatable bonds is 10. The SMILES string of the molecule is CC[C@@H]1OC(=O)[C@H](C)[C@@H](O[C@H]2C[C@@](C)(OC)[C@@H](O)[C@H](C)O2)[C@H](C)[C@@H](O[C@@H]2O[C@H](C)C[C@H](N(C)C)[C@H]2O)[C@](C)(O)C[C@@H](C)/C(=N\O[C@H]2[C@H](O)[C@@H](O)C(O)O[C@@H]2CO)[C@H](C)[C@@H](O)[C@]1(C)O. The molecule has 20 heteroatoms. The number of likely N-dealkylation sites (N-methyl/N-ethyl adjacent to an activating group) is 1. The molecule has 0 radical (unpaired) electrons. The van der Waals surface area contributed by atoms with E-state index in [4.69, 9.17) is 38.0 Å². The summed E-state index contributed by atoms with van der Waals surface area (Å²) in [5.74, 6) is -4.89. The summed E-state index contributed by atoms with van der Waals surface area (Å²) in [6, 6.07) is -0.397. The summed E-state index contributed by atoms with van der Waals surface area (Å²) in [4.78, 5) is 22.1. The van der Waals surface area contributed by atoms with Crippen LogP contribution >= 0.6 is 0 Å². The van der Waals surface area contributed by atoms with Crippen molar-refractivity contribution >= 4 is 11.7 Å². The van der Waals surface area contributed by atoms with Crippen molar-refractivity contribution in [2.75, 3.05) is 27.8 Å². The van der Waals surface area contributed by atoms with Crippen molar-refractivity contribution in [3.63, 3.8) is 0 Å². The summed E-state index contributed by atoms with van der Waals surface area (Å²) in [6.07, 6.45) is -19.1. The highest BCUT2D eigenvalue weighted by molar-refractivity contribution is 5.88. The molecule has 20 nitrogen and oxygen atoms in total. The van der Waals surface area contributed by atoms with Crippen molar-refractivity contribution in [1.29, 1.82) is 0 Å². The fourth-order valence-electron chi connectivity index (χ4n) is 9.91. The minimum Gasteiger partial charge on any atom is -0.459 e. The molecule has 0 spiro atoms. The molecule has 368 valence electrons. The molecule has 4 aliphatic rings. The van der Waals surface area contributed by atoms with Crippen LogP contribution in [0.1, 0.15) is 94.9 Å². The lowest BCUT2D eigenvalue weighted by Gasteiger charge is -2.49. The van der Waals surface area contributed by atoms with Gasteiger partial charge in [0.1, 0.15) is 42.2 Å². The Morgan fingerprint density at radius 2 is 1.46 bits per heavy atom. The summed E-state index contributed by atoms with van der Waals surface area (Å²) in [5.41, 5.74) is -5.13. The van der Waals surface area contributed by atoms with Gasteiger partial charge < -0.3 is 88.9 Å². The number of methoxy groups -OCH3 is 1. The van der Waals surface area contributed by atoms with E-state index in [0.717, 1.165) is 0 Å². The van der Waals surface area contributed by atoms with E-state index in [1.165, 1.54) is 27.9 Å². The van der Waals surface area contributed by atoms with Gasteiger partial charge in [0.15, 0.2) is 25.0 Å². The fraction of sp³-hybridized carbons (Fsp3) is 0.953. The van der Waals surface area contributed by atoms with Gasteiger partial charge >= 0.3 is 5.97 Å². The van der Waals surface area contributed by atoms with E-state index in [0.29, 0.717) is 6.42 Å². The normalized spacial score (nSPS) is 50.5. The number of esters is 1. The molecule has 0 saturated carbocycles. The summed E-state index contributed by atoms with van der Waals surface area (Å²) in [7, 11) is 5.10. The average Bonchev–Trinajstić information content (AvgIpc) is 3.21. The number of carbonyl (C=O) groups excluding carboxylic acids is 1. The van der Waals surface area contributed by atoms with Gasteiger partial charge in [0.25, 0.3) is 0 Å². The van der Waals surface area contributed by atoms with Gasteiger partial charge in [0, 0.05) is 37.3 Å². The number of aliphatic hydroxyl groups excluding tert-OH is 7. The van der Waals surface area contributed by atoms with Crippen molar-refractivity contribution in [2.45, 2.75) is 210 Å². The molecule has 4 aliphatic heterocycles. The summed E-state index contributed by atoms with van der Waals surface area (Å²) in [5, 5.41) is 105. The minimum atomic E-state index is -2.13. The minimum absolute atomic E-state index is 0.0372. The summed E-state index contributed by atoms with van der Waals surface area (Å²) >= 11 is 0. The number of ether oxygens (including phenoxy) is 7. The summed E-state index contributed by atoms with van der Waals surface area (Å²) in [6.45, 7) is 15.4. The van der Waals surface area contributed by atoms with Crippen LogP contribution < -0.4 is 0 Å². The van der Waals surface area contributed by atoms with Crippen LogP contribution in [0.4, 0.5) is 0 Å². The lowest BCUT2D eigenvalue weighted by atomic mass is 9.73. The molecule has 23 atom stereocenters. The lowest BCUT2D eigenvalue weighted by molar-refractivity contribution is -0.317. The van der Waals surface area contributed by atoms with Crippen molar-refractivity contribution < 1.29 is 88.7 Å². The van der Waals surface area contributed by atoms with Crippen LogP contribution in [0.2, 0.25) is 0 Å². The summed E-state index contributed by atoms with van der Waals surface area (Å²) < 4.78 is 42.8. The maximum absolute atomic E-state index is 14.4. The van der Waals surface area contributed by atoms with E-state index in [1.807, 2.05) is 25.9 Å². The van der Waals surface area contributed by atoms with Gasteiger partial charge in [-0.05, 0) is 74.9 Å². The second-order valence-corrected chi connectivity index (χ2v) is 19.4. The highest BCUT2D eigenvalue weighted by atomic mass is 16.7. The molecule has 4 heterocycles. The van der Waals surface area contributed by atoms with Gasteiger partial charge in [-0.25, -0.2) is 0 Å². The van der Waals surface area contributed by atoms with Crippen LogP contribution in [-0.2, 0) is 42.8 Å². The third kappa shape index (κ3) is 11.7. The zero-order chi connectivity index (χ0) is 47.7. The smallest absolute Gasteiger partial charge is 0.311 e. The highest BCUT2D eigenvalue weighted by Gasteiger charge is 2.54. The third-order valence-electron chi connectivity index (χ3n) is 14.0. The topological polar surface area (TPSA) is 289 Å². The Balaban J connectivity index is 1.90. The maximum Gasteiger partial charge on any atom is 0.311 e. The van der Waals surface area contributed by atoms with Crippen molar-refractivity contribution in [2.24, 2.45) is 28.8 Å². The van der Waals surface area contributed by atoms with Gasteiger partial charge in [0.2, 0.25) is 0 Å². The van der Waals surface area contributed by atoms with Crippen LogP contribution in [0.15, 0.2) is 5.16 Å². The Kier molecular flexibility index (Phi) is 18.4. The van der Waals surface area contributed by atoms with Crippen molar-refractivity contribution in [3.8, 4) is 0 Å². The molecule has 0 aromatic rings. The quantitative estimate of drug-likeness (QED) is 0.0976. The maximum atomic E-state index is 14.4. The molecule has 4 saturated heterocycles. The molecule has 1 unspecified atom stereocenters. The fourth-order valence-corrected chi connectivity index (χ4v) is 9.91. The largest absolute Gasteiger partial charge is 0.459 e. The monoisotopic (exact) mass is 911 g/mol. The first-order valence-electron chi connectivity index (χ1n) is 22.2. The van der Waals surface area contributed by atoms with Gasteiger partial charge in [-0.2, -0.15) is 0 Å². The zero-order valence-electron chi connectivity index (χ0n) is 39.2. The van der Waals surface area contributed by atoms with Gasteiger partial charge in [0.05, 0.1) is 60.0 Å². The number of carbonyl (C=O) groups is 1. The Morgan fingerprint density at radius 1 is 0.825 bits per heavy atom. The van der Waals surface area contributed by atoms with Crippen molar-refractivity contribution in [3.05, 3.63) is 0 Å². The van der Waals surface area contributed by atoms with E-state index in [1.54, 1.807) is 41.5 Å². The number of hydrogen-bond acceptors (Lipinski definition) is 20. The van der Waals surface area contributed by atoms with Crippen LogP contribution in [-0.4, -0.2) is 205 Å². The zero-order valence-corrected chi connectivity index (χ0v) is 39.2. The van der Waals surface area contributed by atoms with Crippen LogP contribution in [0, 0.1) is 23.7 Å². The van der Waals surface area contributed by atoms with Gasteiger partial charge in [-0.1, -0.05) is 32.9 Å². The molecule has 0 aliphatic carbocycles.